The first-order valence-electron chi connectivity index (χ1n) is 12.2. The van der Waals surface area contributed by atoms with Crippen LogP contribution in [0, 0.1) is 0 Å². The van der Waals surface area contributed by atoms with Crippen LogP contribution in [-0.4, -0.2) is 71.3 Å². The minimum Gasteiger partial charge on any atom is -0.394 e. The van der Waals surface area contributed by atoms with Crippen molar-refractivity contribution in [3.8, 4) is 0 Å². The summed E-state index contributed by atoms with van der Waals surface area (Å²) < 4.78 is 14.1. The van der Waals surface area contributed by atoms with Gasteiger partial charge in [0.2, 0.25) is 5.96 Å². The lowest BCUT2D eigenvalue weighted by Crippen LogP contribution is -2.40. The van der Waals surface area contributed by atoms with Gasteiger partial charge in [-0.25, -0.2) is 24.2 Å². The second-order valence-corrected chi connectivity index (χ2v) is 9.40. The molecule has 0 bridgehead atoms. The number of aliphatic imine (C=N–C) groups is 2. The number of halogens is 1. The molecule has 0 atom stereocenters. The third-order valence-electron chi connectivity index (χ3n) is 4.90. The monoisotopic (exact) mass is 537 g/mol. The smallest absolute Gasteiger partial charge is 0.315 e. The second kappa shape index (κ2) is 17.4. The highest BCUT2D eigenvalue weighted by molar-refractivity contribution is 7.15. The Hall–Kier alpha value is -3.09. The van der Waals surface area contributed by atoms with E-state index in [0.29, 0.717) is 29.8 Å². The molecule has 2 amide bonds. The summed E-state index contributed by atoms with van der Waals surface area (Å²) in [6, 6.07) is -0.789. The lowest BCUT2D eigenvalue weighted by atomic mass is 10.0. The molecule has 1 aromatic heterocycles. The fourth-order valence-corrected chi connectivity index (χ4v) is 3.83. The van der Waals surface area contributed by atoms with Crippen LogP contribution in [0.25, 0.3) is 0 Å². The maximum absolute atomic E-state index is 14.1. The van der Waals surface area contributed by atoms with E-state index in [9.17, 15) is 19.4 Å². The summed E-state index contributed by atoms with van der Waals surface area (Å²) >= 11 is 1.47. The number of carbonyl (C=O) groups excluding carboxylic acids is 1. The summed E-state index contributed by atoms with van der Waals surface area (Å²) in [5, 5.41) is 31.5. The Morgan fingerprint density at radius 1 is 1.27 bits per heavy atom. The van der Waals surface area contributed by atoms with E-state index in [1.54, 1.807) is 20.0 Å². The predicted octanol–water partition coefficient (Wildman–Crippen LogP) is 3.29. The number of nitrogens with one attached hydrogen (secondary N) is 4. The number of guanidine groups is 1. The maximum atomic E-state index is 14.1. The summed E-state index contributed by atoms with van der Waals surface area (Å²) in [4.78, 5) is 26.4. The van der Waals surface area contributed by atoms with Crippen molar-refractivity contribution in [1.82, 2.24) is 20.9 Å². The first-order valence-corrected chi connectivity index (χ1v) is 13.0. The number of anilines is 1. The standard InChI is InChI=1S/C25H40FN7O3S/c1-7-19(26)10-18(11-29-24(36)27-9-3)17(6)22(8-2)33-23(32-20(14-34)15-35)28-12-21-13-30-25(37-21)31-16(4)5/h7,10,13,16,20,34-35H,1,8-9,11-12,14-15H2,2-6H3,(H,28,32)(H,30,31)(H2,27,29,36)/b18-17-,19-10+,33-22+. The number of allylic oxidation sites excluding steroid dienone is 3. The lowest BCUT2D eigenvalue weighted by Gasteiger charge is -2.16. The molecule has 12 heteroatoms. The highest BCUT2D eigenvalue weighted by Gasteiger charge is 2.13. The fraction of sp³-hybridized carbons (Fsp3) is 0.520. The van der Waals surface area contributed by atoms with Gasteiger partial charge in [-0.2, -0.15) is 0 Å². The molecule has 1 aromatic rings. The van der Waals surface area contributed by atoms with E-state index in [1.807, 2.05) is 20.8 Å². The minimum atomic E-state index is -0.665. The zero-order valence-corrected chi connectivity index (χ0v) is 23.1. The number of nitrogens with zero attached hydrogens (tertiary/aromatic N) is 3. The SMILES string of the molecule is C=C\C(F)=C/C(CNC(=O)NCC)=C(C)/C(CC)=N/C(=NCc1cnc(NC(C)C)s1)NC(CO)CO. The Balaban J connectivity index is 3.39. The molecule has 6 N–H and O–H groups in total. The molecule has 37 heavy (non-hydrogen) atoms. The largest absolute Gasteiger partial charge is 0.394 e. The number of aromatic nitrogens is 1. The second-order valence-electron chi connectivity index (χ2n) is 8.29. The Kier molecular flexibility index (Phi) is 15.0. The molecule has 0 saturated carbocycles. The highest BCUT2D eigenvalue weighted by Crippen LogP contribution is 2.20. The van der Waals surface area contributed by atoms with Gasteiger partial charge in [0, 0.05) is 35.9 Å². The van der Waals surface area contributed by atoms with Crippen molar-refractivity contribution >= 4 is 34.2 Å². The van der Waals surface area contributed by atoms with Crippen molar-refractivity contribution in [1.29, 1.82) is 0 Å². The van der Waals surface area contributed by atoms with E-state index in [-0.39, 0.29) is 44.3 Å². The molecule has 0 aliphatic heterocycles. The summed E-state index contributed by atoms with van der Waals surface area (Å²) in [6.45, 7) is 13.1. The average molecular weight is 538 g/mol. The molecule has 0 aliphatic rings. The molecule has 206 valence electrons. The van der Waals surface area contributed by atoms with Crippen molar-refractivity contribution in [2.45, 2.75) is 59.7 Å². The van der Waals surface area contributed by atoms with Crippen LogP contribution in [0.1, 0.15) is 45.9 Å². The summed E-state index contributed by atoms with van der Waals surface area (Å²) in [6.07, 6.45) is 4.60. The van der Waals surface area contributed by atoms with Gasteiger partial charge in [-0.3, -0.25) is 0 Å². The number of rotatable bonds is 14. The highest BCUT2D eigenvalue weighted by atomic mass is 32.1. The van der Waals surface area contributed by atoms with Gasteiger partial charge < -0.3 is 31.5 Å². The molecule has 1 rings (SSSR count). The normalized spacial score (nSPS) is 13.5. The quantitative estimate of drug-likeness (QED) is 0.122. The number of hydrogen-bond acceptors (Lipinski definition) is 7. The third kappa shape index (κ3) is 12.1. The van der Waals surface area contributed by atoms with Crippen LogP contribution in [0.4, 0.5) is 14.3 Å². The zero-order valence-electron chi connectivity index (χ0n) is 22.3. The molecule has 0 unspecified atom stereocenters. The summed E-state index contributed by atoms with van der Waals surface area (Å²) in [5.74, 6) is -0.341. The molecule has 1 heterocycles. The molecule has 0 aliphatic carbocycles. The van der Waals surface area contributed by atoms with Crippen LogP contribution >= 0.6 is 11.3 Å². The average Bonchev–Trinajstić information content (AvgIpc) is 3.32. The van der Waals surface area contributed by atoms with E-state index in [4.69, 9.17) is 0 Å². The molecule has 0 radical (unpaired) electrons. The van der Waals surface area contributed by atoms with Gasteiger partial charge in [-0.1, -0.05) is 13.5 Å². The Morgan fingerprint density at radius 2 is 1.97 bits per heavy atom. The fourth-order valence-electron chi connectivity index (χ4n) is 2.95. The van der Waals surface area contributed by atoms with Crippen molar-refractivity contribution in [2.75, 3.05) is 31.6 Å². The minimum absolute atomic E-state index is 0.0697. The van der Waals surface area contributed by atoms with E-state index in [2.05, 4.69) is 42.8 Å². The van der Waals surface area contributed by atoms with Crippen molar-refractivity contribution in [3.05, 3.63) is 46.8 Å². The summed E-state index contributed by atoms with van der Waals surface area (Å²) in [7, 11) is 0. The van der Waals surface area contributed by atoms with Crippen molar-refractivity contribution in [2.24, 2.45) is 9.98 Å². The van der Waals surface area contributed by atoms with Gasteiger partial charge in [0.15, 0.2) is 5.13 Å². The molecule has 10 nitrogen and oxygen atoms in total. The van der Waals surface area contributed by atoms with Crippen molar-refractivity contribution in [3.63, 3.8) is 0 Å². The number of hydrogen-bond donors (Lipinski definition) is 6. The first kappa shape index (κ1) is 31.9. The molecule has 0 aromatic carbocycles. The van der Waals surface area contributed by atoms with Crippen molar-refractivity contribution < 1.29 is 19.4 Å². The van der Waals surface area contributed by atoms with Gasteiger partial charge >= 0.3 is 6.03 Å². The zero-order chi connectivity index (χ0) is 27.8. The van der Waals surface area contributed by atoms with Gasteiger partial charge in [-0.15, -0.1) is 11.3 Å². The maximum Gasteiger partial charge on any atom is 0.315 e. The third-order valence-corrected chi connectivity index (χ3v) is 5.81. The number of thiazole rings is 1. The summed E-state index contributed by atoms with van der Waals surface area (Å²) in [5.41, 5.74) is 1.75. The Labute approximate surface area is 222 Å². The number of aliphatic hydroxyl groups is 2. The topological polar surface area (TPSA) is 143 Å². The van der Waals surface area contributed by atoms with E-state index in [0.717, 1.165) is 16.1 Å². The molecule has 0 fully saturated rings. The van der Waals surface area contributed by atoms with Gasteiger partial charge in [-0.05, 0) is 57.4 Å². The Bertz CT molecular complexity index is 998. The van der Waals surface area contributed by atoms with Gasteiger partial charge in [0.05, 0.1) is 25.8 Å². The van der Waals surface area contributed by atoms with Crippen LogP contribution in [0.15, 0.2) is 51.9 Å². The number of carbonyl (C=O) groups is 1. The molecular weight excluding hydrogens is 497 g/mol. The number of amides is 2. The molecular formula is C25H40FN7O3S. The van der Waals surface area contributed by atoms with Gasteiger partial charge in [0.1, 0.15) is 5.83 Å². The molecule has 0 saturated heterocycles. The van der Waals surface area contributed by atoms with E-state index in [1.165, 1.54) is 17.4 Å². The van der Waals surface area contributed by atoms with Crippen LogP contribution in [-0.2, 0) is 6.54 Å². The van der Waals surface area contributed by atoms with Crippen LogP contribution < -0.4 is 21.3 Å². The first-order chi connectivity index (χ1) is 17.7. The van der Waals surface area contributed by atoms with E-state index < -0.39 is 11.9 Å². The van der Waals surface area contributed by atoms with Crippen LogP contribution in [0.2, 0.25) is 0 Å². The van der Waals surface area contributed by atoms with Crippen LogP contribution in [0.3, 0.4) is 0 Å². The van der Waals surface area contributed by atoms with Crippen LogP contribution in [0.5, 0.6) is 0 Å². The van der Waals surface area contributed by atoms with Gasteiger partial charge in [0.25, 0.3) is 0 Å². The molecule has 0 spiro atoms. The number of aliphatic hydroxyl groups excluding tert-OH is 2. The lowest BCUT2D eigenvalue weighted by molar-refractivity contribution is 0.183. The Morgan fingerprint density at radius 3 is 2.54 bits per heavy atom. The number of urea groups is 1. The van der Waals surface area contributed by atoms with E-state index >= 15 is 0 Å². The predicted molar refractivity (Wildman–Crippen MR) is 150 cm³/mol.